The summed E-state index contributed by atoms with van der Waals surface area (Å²) < 4.78 is 83.6. The maximum absolute atomic E-state index is 13.3. The van der Waals surface area contributed by atoms with Gasteiger partial charge in [0.05, 0.1) is 71.3 Å². The lowest BCUT2D eigenvalue weighted by molar-refractivity contribution is -0.387. The number of carbonyl (C=O) groups is 4. The molecule has 0 fully saturated rings. The number of aromatic nitrogens is 4. The molecule has 0 aliphatic carbocycles. The highest BCUT2D eigenvalue weighted by molar-refractivity contribution is 9.11. The highest BCUT2D eigenvalue weighted by Gasteiger charge is 2.20. The van der Waals surface area contributed by atoms with Gasteiger partial charge in [0.15, 0.2) is 23.1 Å². The Morgan fingerprint density at radius 2 is 0.796 bits per heavy atom. The molecule has 0 unspecified atom stereocenters. The van der Waals surface area contributed by atoms with Gasteiger partial charge in [0.25, 0.3) is 5.69 Å². The van der Waals surface area contributed by atoms with Crippen molar-refractivity contribution in [3.63, 3.8) is 0 Å². The van der Waals surface area contributed by atoms with E-state index in [0.29, 0.717) is 57.5 Å². The zero-order valence-electron chi connectivity index (χ0n) is 54.7. The van der Waals surface area contributed by atoms with Gasteiger partial charge in [-0.25, -0.2) is 31.9 Å². The largest absolute Gasteiger partial charge is 0.399 e. The quantitative estimate of drug-likeness (QED) is 0.0236. The Labute approximate surface area is 625 Å². The summed E-state index contributed by atoms with van der Waals surface area (Å²) >= 11 is 15.5. The Bertz CT molecular complexity index is 5230. The zero-order valence-corrected chi connectivity index (χ0v) is 62.6. The van der Waals surface area contributed by atoms with Gasteiger partial charge < -0.3 is 27.2 Å². The summed E-state index contributed by atoms with van der Waals surface area (Å²) in [5.41, 5.74) is 19.8. The number of nitrogens with one attached hydrogen (secondary N) is 2. The molecule has 0 aliphatic heterocycles. The fourth-order valence-corrected chi connectivity index (χ4v) is 10.9. The van der Waals surface area contributed by atoms with Gasteiger partial charge in [-0.05, 0) is 291 Å². The van der Waals surface area contributed by atoms with Crippen LogP contribution in [0.3, 0.4) is 0 Å². The average Bonchev–Trinajstić information content (AvgIpc) is 1.69. The first-order valence-corrected chi connectivity index (χ1v) is 33.8. The van der Waals surface area contributed by atoms with Crippen LogP contribution in [0.2, 0.25) is 0 Å². The molecule has 7 N–H and O–H groups in total. The third kappa shape index (κ3) is 21.9. The molecule has 0 aliphatic rings. The van der Waals surface area contributed by atoms with Gasteiger partial charge in [0.2, 0.25) is 5.82 Å². The minimum absolute atomic E-state index is 0.00553. The van der Waals surface area contributed by atoms with Crippen LogP contribution in [0.15, 0.2) is 217 Å². The number of Topliss-reactive ketones (excluding diaryl/α,β-unsaturated/α-hetero) is 4. The smallest absolute Gasteiger partial charge is 0.305 e. The molecule has 12 rings (SSSR count). The van der Waals surface area contributed by atoms with E-state index in [1.54, 1.807) is 93.2 Å². The molecule has 0 atom stereocenters. The number of nitrogens with zero attached hydrogens (tertiary/aromatic N) is 6. The summed E-state index contributed by atoms with van der Waals surface area (Å²) in [6, 6.07) is 46.0. The predicted octanol–water partition coefficient (Wildman–Crippen LogP) is 21.0. The van der Waals surface area contributed by atoms with Crippen molar-refractivity contribution in [3.8, 4) is 11.4 Å². The number of nitrogen functional groups attached to an aromatic ring is 2. The number of ketones is 4. The Hall–Kier alpha value is -10.2. The minimum Gasteiger partial charge on any atom is -0.399 e. The normalized spacial score (nSPS) is 10.6. The van der Waals surface area contributed by atoms with Crippen molar-refractivity contribution in [3.05, 3.63) is 300 Å². The van der Waals surface area contributed by atoms with Gasteiger partial charge in [-0.1, -0.05) is 6.07 Å². The minimum atomic E-state index is -0.935. The number of halogens is 11. The molecular formula is C73H57Br5F6N10O9. The fraction of sp³-hybridized carbons (Fsp3) is 0.0959. The molecule has 0 bridgehead atoms. The van der Waals surface area contributed by atoms with Crippen LogP contribution in [0.5, 0.6) is 0 Å². The number of aliphatic hydroxyl groups is 1. The average molecular weight is 1730 g/mol. The standard InChI is InChI=1S/C16H14BrFN2O.C15H10BrFN2O.C14H10BrFN2O3.C14H12BrFN2O.C8H6FNO3.C6H5BrFN/c1-16(2,21)10-3-6-15-14(7-10)19-9-20(15)11-4-5-13(18)12(17)8-11;1-9(20)10-2-5-15-14(6-10)18-8-19(15)11-3-4-13(17)12(16)7-11;1-8(19)9-2-5-13(14(6-9)18(20)21)17-10-3-4-12(16)11(15)7-10;1-8(19)9-2-5-14(13(17)6-9)18-10-3-4-12(16)11(15)7-10;1-5(11)6-2-3-7(9)8(4-6)10(12)13;7-5-3-4(9)1-2-6(5)8/h3-9,21H,1-2H3;2-8H,1H3;2-7,17H,1H3;2-7,18H,17H2,1H3;2-4H,1H3;1-3H,9H2. The summed E-state index contributed by atoms with van der Waals surface area (Å²) in [5.74, 6) is -3.21. The van der Waals surface area contributed by atoms with E-state index in [1.807, 2.05) is 33.4 Å². The molecule has 103 heavy (non-hydrogen) atoms. The number of nitro benzene ring substituents is 2. The Morgan fingerprint density at radius 3 is 1.21 bits per heavy atom. The second-order valence-corrected chi connectivity index (χ2v) is 26.8. The van der Waals surface area contributed by atoms with E-state index in [2.05, 4.69) is 100 Å². The number of rotatable bonds is 13. The van der Waals surface area contributed by atoms with Crippen molar-refractivity contribution >= 4 is 170 Å². The van der Waals surface area contributed by atoms with Crippen LogP contribution < -0.4 is 22.1 Å². The Morgan fingerprint density at radius 1 is 0.437 bits per heavy atom. The second-order valence-electron chi connectivity index (χ2n) is 22.5. The van der Waals surface area contributed by atoms with Gasteiger partial charge in [-0.2, -0.15) is 4.39 Å². The van der Waals surface area contributed by atoms with Gasteiger partial charge >= 0.3 is 5.69 Å². The van der Waals surface area contributed by atoms with Crippen molar-refractivity contribution in [2.24, 2.45) is 0 Å². The van der Waals surface area contributed by atoms with E-state index in [0.717, 1.165) is 51.1 Å². The van der Waals surface area contributed by atoms with Crippen LogP contribution >= 0.6 is 79.6 Å². The molecule has 0 saturated heterocycles. The molecule has 19 nitrogen and oxygen atoms in total. The maximum atomic E-state index is 13.3. The van der Waals surface area contributed by atoms with Crippen LogP contribution in [0.25, 0.3) is 33.4 Å². The number of hydrogen-bond acceptors (Lipinski definition) is 15. The predicted molar refractivity (Wildman–Crippen MR) is 403 cm³/mol. The molecule has 0 spiro atoms. The molecule has 530 valence electrons. The van der Waals surface area contributed by atoms with Gasteiger partial charge in [0.1, 0.15) is 47.4 Å². The summed E-state index contributed by atoms with van der Waals surface area (Å²) in [5, 5.41) is 37.3. The number of fused-ring (bicyclic) bond motifs is 2. The number of imidazole rings is 2. The highest BCUT2D eigenvalue weighted by Crippen LogP contribution is 2.33. The highest BCUT2D eigenvalue weighted by atomic mass is 79.9. The molecule has 10 aromatic carbocycles. The van der Waals surface area contributed by atoms with Gasteiger partial charge in [-0.15, -0.1) is 0 Å². The van der Waals surface area contributed by atoms with Crippen LogP contribution in [0.4, 0.5) is 71.8 Å². The second kappa shape index (κ2) is 35.6. The number of hydrogen-bond donors (Lipinski definition) is 5. The molecule has 0 saturated carbocycles. The van der Waals surface area contributed by atoms with Crippen LogP contribution in [-0.4, -0.2) is 57.2 Å². The van der Waals surface area contributed by atoms with E-state index < -0.39 is 32.8 Å². The summed E-state index contributed by atoms with van der Waals surface area (Å²) in [6.07, 6.45) is 3.35. The summed E-state index contributed by atoms with van der Waals surface area (Å²) in [4.78, 5) is 73.2. The number of anilines is 6. The van der Waals surface area contributed by atoms with E-state index in [4.69, 9.17) is 11.5 Å². The molecule has 0 amide bonds. The third-order valence-corrected chi connectivity index (χ3v) is 17.6. The van der Waals surface area contributed by atoms with Crippen LogP contribution in [0.1, 0.15) is 88.5 Å². The molecule has 2 heterocycles. The molecular weight excluding hydrogens is 1670 g/mol. The first kappa shape index (κ1) is 80.1. The monoisotopic (exact) mass is 1730 g/mol. The van der Waals surface area contributed by atoms with E-state index in [-0.39, 0.29) is 73.4 Å². The topological polar surface area (TPSA) is 287 Å². The van der Waals surface area contributed by atoms with Crippen molar-refractivity contribution in [1.29, 1.82) is 0 Å². The molecule has 0 radical (unpaired) electrons. The fourth-order valence-electron chi connectivity index (χ4n) is 9.05. The lowest BCUT2D eigenvalue weighted by Gasteiger charge is -2.17. The Kier molecular flexibility index (Phi) is 27.7. The van der Waals surface area contributed by atoms with E-state index in [9.17, 15) is 70.9 Å². The number of carbonyl (C=O) groups excluding carboxylic acids is 4. The number of nitrogens with two attached hydrogens (primary N) is 2. The lowest BCUT2D eigenvalue weighted by atomic mass is 9.98. The van der Waals surface area contributed by atoms with E-state index in [1.165, 1.54) is 107 Å². The summed E-state index contributed by atoms with van der Waals surface area (Å²) in [6.45, 7) is 9.08. The molecule has 12 aromatic rings. The SMILES string of the molecule is CC(=O)c1ccc(F)c([N+](=O)[O-])c1.CC(=O)c1ccc(Nc2ccc(F)c(Br)c2)c(N)c1.CC(=O)c1ccc(Nc2ccc(F)c(Br)c2)c([N+](=O)[O-])c1.CC(=O)c1ccc2c(c1)ncn2-c1ccc(F)c(Br)c1.CC(C)(O)c1ccc2c(c1)ncn2-c1ccc(F)c(Br)c1.Nc1ccc(F)c(Br)c1. The molecule has 2 aromatic heterocycles. The summed E-state index contributed by atoms with van der Waals surface area (Å²) in [7, 11) is 0. The molecule has 30 heteroatoms. The van der Waals surface area contributed by atoms with Crippen molar-refractivity contribution in [2.45, 2.75) is 47.1 Å². The van der Waals surface area contributed by atoms with Crippen molar-refractivity contribution < 1.29 is 60.5 Å². The van der Waals surface area contributed by atoms with Crippen molar-refractivity contribution in [1.82, 2.24) is 19.1 Å². The lowest BCUT2D eigenvalue weighted by Crippen LogP contribution is -2.15. The van der Waals surface area contributed by atoms with Crippen LogP contribution in [-0.2, 0) is 5.60 Å². The van der Waals surface area contributed by atoms with E-state index >= 15 is 0 Å². The van der Waals surface area contributed by atoms with Gasteiger partial charge in [0, 0.05) is 62.8 Å². The van der Waals surface area contributed by atoms with Crippen LogP contribution in [0, 0.1) is 55.1 Å². The maximum Gasteiger partial charge on any atom is 0.305 e. The van der Waals surface area contributed by atoms with Crippen molar-refractivity contribution in [2.75, 3.05) is 22.1 Å². The van der Waals surface area contributed by atoms with Gasteiger partial charge in [-0.3, -0.25) is 48.5 Å². The number of benzene rings is 10. The first-order chi connectivity index (χ1) is 48.5. The first-order valence-electron chi connectivity index (χ1n) is 29.9. The Balaban J connectivity index is 0.000000176. The number of nitro groups is 2. The third-order valence-electron chi connectivity index (χ3n) is 14.5. The zero-order chi connectivity index (χ0) is 75.9.